The number of nitrogens with one attached hydrogen (secondary N) is 1. The normalized spacial score (nSPS) is 11.5. The standard InChI is InChI=1S/C17H22N4O.C3H8N2.C2H6.2C2H2/c1-13(22)21-8-3-4-15-10-14(5-6-17(15)21)16-11-19-20(12-16)9-7-18-2;1-3(4)5-2;3*1-2/h5-6,10-12,18H,3-4,7-9H2,1-2H3;1-2H3,(H2,4,5);1-2H3;2*1-2H. The molecule has 0 spiro atoms. The zero-order chi connectivity index (χ0) is 25.8. The van der Waals surface area contributed by atoms with Crippen molar-refractivity contribution in [1.82, 2.24) is 15.1 Å². The number of terminal acetylenes is 2. The van der Waals surface area contributed by atoms with E-state index in [-0.39, 0.29) is 5.91 Å². The number of amidine groups is 1. The summed E-state index contributed by atoms with van der Waals surface area (Å²) in [5.41, 5.74) is 9.64. The topological polar surface area (TPSA) is 88.5 Å². The molecule has 0 unspecified atom stereocenters. The first-order valence-corrected chi connectivity index (χ1v) is 10.9. The smallest absolute Gasteiger partial charge is 0.223 e. The fourth-order valence-corrected chi connectivity index (χ4v) is 2.97. The van der Waals surface area contributed by atoms with E-state index in [4.69, 9.17) is 5.73 Å². The lowest BCUT2D eigenvalue weighted by Crippen LogP contribution is -2.33. The molecule has 1 aliphatic rings. The number of likely N-dealkylation sites (N-methyl/N-ethyl adjacent to an activating group) is 1. The van der Waals surface area contributed by atoms with Crippen LogP contribution < -0.4 is 16.0 Å². The molecule has 7 heteroatoms. The number of nitrogens with two attached hydrogens (primary N) is 1. The van der Waals surface area contributed by atoms with Crippen LogP contribution in [0, 0.1) is 25.7 Å². The summed E-state index contributed by atoms with van der Waals surface area (Å²) in [4.78, 5) is 17.2. The lowest BCUT2D eigenvalue weighted by molar-refractivity contribution is -0.116. The van der Waals surface area contributed by atoms with Gasteiger partial charge in [-0.3, -0.25) is 14.5 Å². The van der Waals surface area contributed by atoms with E-state index >= 15 is 0 Å². The quantitative estimate of drug-likeness (QED) is 0.422. The van der Waals surface area contributed by atoms with Crippen molar-refractivity contribution in [3.8, 4) is 36.8 Å². The van der Waals surface area contributed by atoms with Crippen LogP contribution in [0.1, 0.15) is 39.7 Å². The summed E-state index contributed by atoms with van der Waals surface area (Å²) in [7, 11) is 3.60. The second-order valence-corrected chi connectivity index (χ2v) is 6.58. The first kappa shape index (κ1) is 31.6. The van der Waals surface area contributed by atoms with Gasteiger partial charge in [0.15, 0.2) is 0 Å². The summed E-state index contributed by atoms with van der Waals surface area (Å²) in [6.07, 6.45) is 22.0. The number of fused-ring (bicyclic) bond motifs is 1. The van der Waals surface area contributed by atoms with Gasteiger partial charge in [-0.2, -0.15) is 5.10 Å². The molecule has 1 amide bonds. The minimum atomic E-state index is 0.119. The van der Waals surface area contributed by atoms with Crippen molar-refractivity contribution in [2.24, 2.45) is 10.7 Å². The van der Waals surface area contributed by atoms with Gasteiger partial charge in [-0.25, -0.2) is 0 Å². The Bertz CT molecular complexity index is 869. The van der Waals surface area contributed by atoms with E-state index in [1.165, 1.54) is 11.1 Å². The molecular formula is C26H40N6O. The second kappa shape index (κ2) is 19.2. The van der Waals surface area contributed by atoms with Gasteiger partial charge in [-0.1, -0.05) is 19.9 Å². The Morgan fingerprint density at radius 1 is 1.18 bits per heavy atom. The number of benzene rings is 1. The SMILES string of the molecule is C#C.C#C.CC.CN=C(C)N.CNCCn1cc(-c2ccc3c(c2)CCCN3C(C)=O)cn1. The highest BCUT2D eigenvalue weighted by Crippen LogP contribution is 2.31. The van der Waals surface area contributed by atoms with Gasteiger partial charge in [0.05, 0.1) is 18.6 Å². The Morgan fingerprint density at radius 3 is 2.30 bits per heavy atom. The average Bonchev–Trinajstić information content (AvgIpc) is 3.35. The molecule has 0 saturated carbocycles. The molecule has 2 aromatic rings. The van der Waals surface area contributed by atoms with Crippen LogP contribution in [-0.4, -0.2) is 48.7 Å². The summed E-state index contributed by atoms with van der Waals surface area (Å²) in [6, 6.07) is 6.35. The summed E-state index contributed by atoms with van der Waals surface area (Å²) in [5, 5.41) is 7.52. The predicted octanol–water partition coefficient (Wildman–Crippen LogP) is 3.59. The highest BCUT2D eigenvalue weighted by Gasteiger charge is 2.20. The van der Waals surface area contributed by atoms with Crippen LogP contribution in [0.3, 0.4) is 0 Å². The van der Waals surface area contributed by atoms with Gasteiger partial charge in [0.2, 0.25) is 5.91 Å². The fourth-order valence-electron chi connectivity index (χ4n) is 2.97. The molecule has 33 heavy (non-hydrogen) atoms. The van der Waals surface area contributed by atoms with Gasteiger partial charge < -0.3 is 16.0 Å². The Morgan fingerprint density at radius 2 is 1.79 bits per heavy atom. The Balaban J connectivity index is 0. The molecule has 0 atom stereocenters. The van der Waals surface area contributed by atoms with Crippen molar-refractivity contribution in [3.63, 3.8) is 0 Å². The lowest BCUT2D eigenvalue weighted by atomic mass is 9.97. The number of aliphatic imine (C=N–C) groups is 1. The van der Waals surface area contributed by atoms with Crippen LogP contribution >= 0.6 is 0 Å². The third kappa shape index (κ3) is 11.0. The van der Waals surface area contributed by atoms with E-state index in [2.05, 4.69) is 65.5 Å². The molecule has 1 aromatic heterocycles. The zero-order valence-electron chi connectivity index (χ0n) is 21.0. The number of anilines is 1. The molecule has 1 aromatic carbocycles. The summed E-state index contributed by atoms with van der Waals surface area (Å²) in [6.45, 7) is 9.97. The predicted molar refractivity (Wildman–Crippen MR) is 142 cm³/mol. The summed E-state index contributed by atoms with van der Waals surface area (Å²) < 4.78 is 1.95. The van der Waals surface area contributed by atoms with Crippen molar-refractivity contribution in [1.29, 1.82) is 0 Å². The van der Waals surface area contributed by atoms with E-state index < -0.39 is 0 Å². The zero-order valence-corrected chi connectivity index (χ0v) is 21.0. The molecule has 0 saturated heterocycles. The molecule has 0 fully saturated rings. The van der Waals surface area contributed by atoms with Crippen LogP contribution in [-0.2, 0) is 17.8 Å². The molecule has 0 aliphatic carbocycles. The lowest BCUT2D eigenvalue weighted by Gasteiger charge is -2.28. The number of aryl methyl sites for hydroxylation is 1. The maximum Gasteiger partial charge on any atom is 0.223 e. The van der Waals surface area contributed by atoms with E-state index in [0.717, 1.165) is 43.7 Å². The van der Waals surface area contributed by atoms with Gasteiger partial charge >= 0.3 is 0 Å². The number of nitrogens with zero attached hydrogens (tertiary/aromatic N) is 4. The summed E-state index contributed by atoms with van der Waals surface area (Å²) >= 11 is 0. The molecule has 3 N–H and O–H groups in total. The molecule has 180 valence electrons. The van der Waals surface area contributed by atoms with Crippen molar-refractivity contribution in [2.45, 2.75) is 47.1 Å². The van der Waals surface area contributed by atoms with E-state index in [0.29, 0.717) is 5.84 Å². The van der Waals surface area contributed by atoms with Crippen molar-refractivity contribution < 1.29 is 4.79 Å². The second-order valence-electron chi connectivity index (χ2n) is 6.58. The van der Waals surface area contributed by atoms with E-state index in [1.807, 2.05) is 36.7 Å². The van der Waals surface area contributed by atoms with Crippen molar-refractivity contribution in [2.75, 3.05) is 32.1 Å². The molecular weight excluding hydrogens is 412 g/mol. The highest BCUT2D eigenvalue weighted by atomic mass is 16.2. The number of carbonyl (C=O) groups excluding carboxylic acids is 1. The number of rotatable bonds is 4. The maximum atomic E-state index is 11.7. The first-order valence-electron chi connectivity index (χ1n) is 10.9. The van der Waals surface area contributed by atoms with Crippen LogP contribution in [0.2, 0.25) is 0 Å². The van der Waals surface area contributed by atoms with Crippen LogP contribution in [0.4, 0.5) is 5.69 Å². The Kier molecular flexibility index (Phi) is 18.4. The average molecular weight is 453 g/mol. The van der Waals surface area contributed by atoms with E-state index in [1.54, 1.807) is 20.9 Å². The van der Waals surface area contributed by atoms with Crippen LogP contribution in [0.15, 0.2) is 35.6 Å². The third-order valence-electron chi connectivity index (χ3n) is 4.49. The number of amides is 1. The third-order valence-corrected chi connectivity index (χ3v) is 4.49. The number of hydrogen-bond donors (Lipinski definition) is 2. The van der Waals surface area contributed by atoms with Gasteiger partial charge in [0.25, 0.3) is 0 Å². The molecule has 0 radical (unpaired) electrons. The number of carbonyl (C=O) groups is 1. The molecule has 1 aliphatic heterocycles. The Hall–Kier alpha value is -3.55. The largest absolute Gasteiger partial charge is 0.388 e. The Labute approximate surface area is 200 Å². The monoisotopic (exact) mass is 452 g/mol. The minimum Gasteiger partial charge on any atom is -0.388 e. The molecule has 3 rings (SSSR count). The van der Waals surface area contributed by atoms with Crippen LogP contribution in [0.25, 0.3) is 11.1 Å². The minimum absolute atomic E-state index is 0.119. The van der Waals surface area contributed by atoms with Gasteiger partial charge in [0.1, 0.15) is 0 Å². The van der Waals surface area contributed by atoms with Gasteiger partial charge in [-0.15, -0.1) is 25.7 Å². The number of hydrogen-bond acceptors (Lipinski definition) is 4. The van der Waals surface area contributed by atoms with Gasteiger partial charge in [0, 0.05) is 44.5 Å². The van der Waals surface area contributed by atoms with Gasteiger partial charge in [-0.05, 0) is 50.1 Å². The van der Waals surface area contributed by atoms with E-state index in [9.17, 15) is 4.79 Å². The maximum absolute atomic E-state index is 11.7. The van der Waals surface area contributed by atoms with Crippen LogP contribution in [0.5, 0.6) is 0 Å². The molecule has 2 heterocycles. The van der Waals surface area contributed by atoms with Crippen molar-refractivity contribution in [3.05, 3.63) is 36.2 Å². The molecule has 0 bridgehead atoms. The first-order chi connectivity index (χ1) is 16.0. The van der Waals surface area contributed by atoms with Crippen molar-refractivity contribution >= 4 is 17.4 Å². The molecule has 7 nitrogen and oxygen atoms in total. The highest BCUT2D eigenvalue weighted by molar-refractivity contribution is 5.93. The summed E-state index contributed by atoms with van der Waals surface area (Å²) in [5.74, 6) is 0.749. The number of aromatic nitrogens is 2. The fraction of sp³-hybridized carbons (Fsp3) is 0.423.